The van der Waals surface area contributed by atoms with Crippen molar-refractivity contribution in [1.82, 2.24) is 0 Å². The summed E-state index contributed by atoms with van der Waals surface area (Å²) in [5.74, 6) is -0.574. The number of benzene rings is 3. The highest BCUT2D eigenvalue weighted by Crippen LogP contribution is 2.55. The van der Waals surface area contributed by atoms with Crippen LogP contribution in [0.2, 0.25) is 0 Å². The van der Waals surface area contributed by atoms with E-state index >= 15 is 0 Å². The molecular weight excluding hydrogens is 1020 g/mol. The third kappa shape index (κ3) is 9.45. The first kappa shape index (κ1) is 53.9. The van der Waals surface area contributed by atoms with Gasteiger partial charge in [0.25, 0.3) is 0 Å². The molecule has 15 heteroatoms. The zero-order chi connectivity index (χ0) is 55.3. The Morgan fingerprint density at radius 3 is 2.23 bits per heavy atom. The van der Waals surface area contributed by atoms with E-state index in [9.17, 15) is 14.7 Å². The molecule has 1 N–H and O–H groups in total. The smallest absolute Gasteiger partial charge is 0.338 e. The molecule has 0 radical (unpaired) electrons. The average molecular weight is 1100 g/mol. The molecule has 0 bridgehead atoms. The summed E-state index contributed by atoms with van der Waals surface area (Å²) in [6, 6.07) is 18.0. The number of fused-ring (bicyclic) bond motifs is 12. The molecule has 0 spiro atoms. The van der Waals surface area contributed by atoms with Crippen LogP contribution in [0.1, 0.15) is 136 Å². The molecule has 0 saturated carbocycles. The van der Waals surface area contributed by atoms with E-state index in [0.717, 1.165) is 46.4 Å². The summed E-state index contributed by atoms with van der Waals surface area (Å²) in [5.41, 5.74) is -1.19. The predicted octanol–water partition coefficient (Wildman–Crippen LogP) is 9.44. The molecule has 3 aromatic rings. The van der Waals surface area contributed by atoms with Crippen molar-refractivity contribution in [1.29, 1.82) is 0 Å². The zero-order valence-corrected chi connectivity index (χ0v) is 47.4. The van der Waals surface area contributed by atoms with E-state index in [1.807, 2.05) is 31.2 Å². The van der Waals surface area contributed by atoms with Gasteiger partial charge in [0, 0.05) is 51.0 Å². The summed E-state index contributed by atoms with van der Waals surface area (Å²) in [7, 11) is 0. The Labute approximate surface area is 469 Å². The summed E-state index contributed by atoms with van der Waals surface area (Å²) in [5, 5.41) is 16.0. The Bertz CT molecular complexity index is 3010. The van der Waals surface area contributed by atoms with Crippen LogP contribution in [0.4, 0.5) is 0 Å². The Morgan fingerprint density at radius 2 is 1.40 bits per heavy atom. The molecule has 430 valence electrons. The molecule has 0 aliphatic carbocycles. The molecule has 80 heavy (non-hydrogen) atoms. The number of ether oxygens (including phenoxy) is 12. The van der Waals surface area contributed by atoms with Gasteiger partial charge in [0.15, 0.2) is 0 Å². The van der Waals surface area contributed by atoms with Crippen molar-refractivity contribution in [2.45, 2.75) is 257 Å². The molecule has 15 nitrogen and oxygen atoms in total. The summed E-state index contributed by atoms with van der Waals surface area (Å²) < 4.78 is 82.4. The SMILES string of the molecule is C=C(COC(=O)c1ccc2cc3ccccc3cc2c1)C[C@@H]1C[C@H](O)[C@@H]2O[C@@H]3C[C@]4(C)O[C@@H]5C[C@]6(C)O[C@]7(C)CC[C@@H]8OC9C[C@]%10(C)O[C@@H]%11C(C)=CC(=O)OC%11CC%10OC9C[C@@H](C)C8OC7CC6O[C@@]5(C)CC=CC4OC3CC2O1. The van der Waals surface area contributed by atoms with Crippen molar-refractivity contribution in [3.63, 3.8) is 0 Å². The number of hydrogen-bond acceptors (Lipinski definition) is 15. The van der Waals surface area contributed by atoms with Crippen LogP contribution in [0.5, 0.6) is 0 Å². The molecule has 11 aliphatic rings. The van der Waals surface area contributed by atoms with Gasteiger partial charge in [0.2, 0.25) is 0 Å². The van der Waals surface area contributed by atoms with Gasteiger partial charge in [0.05, 0.1) is 113 Å². The number of rotatable bonds is 5. The first-order chi connectivity index (χ1) is 38.2. The fourth-order valence-electron chi connectivity index (χ4n) is 16.4. The molecular formula is C65H80O15. The van der Waals surface area contributed by atoms with Crippen LogP contribution in [-0.2, 0) is 61.6 Å². The minimum Gasteiger partial charge on any atom is -0.458 e. The van der Waals surface area contributed by atoms with Crippen LogP contribution in [0.25, 0.3) is 21.5 Å². The second-order valence-electron chi connectivity index (χ2n) is 27.1. The minimum atomic E-state index is -0.766. The van der Waals surface area contributed by atoms with Gasteiger partial charge in [-0.2, -0.15) is 0 Å². The van der Waals surface area contributed by atoms with E-state index in [0.29, 0.717) is 68.9 Å². The van der Waals surface area contributed by atoms with E-state index in [4.69, 9.17) is 56.8 Å². The summed E-state index contributed by atoms with van der Waals surface area (Å²) >= 11 is 0. The van der Waals surface area contributed by atoms with Gasteiger partial charge in [-0.3, -0.25) is 0 Å². The number of carbonyl (C=O) groups is 2. The lowest BCUT2D eigenvalue weighted by Gasteiger charge is -2.61. The first-order valence-electron chi connectivity index (χ1n) is 29.9. The summed E-state index contributed by atoms with van der Waals surface area (Å²) in [4.78, 5) is 25.6. The molecule has 3 aromatic carbocycles. The normalized spacial score (nSPS) is 47.5. The fraction of sp³-hybridized carbons (Fsp3) is 0.662. The Morgan fingerprint density at radius 1 is 0.662 bits per heavy atom. The third-order valence-electron chi connectivity index (χ3n) is 20.8. The molecule has 23 atom stereocenters. The molecule has 9 saturated heterocycles. The lowest BCUT2D eigenvalue weighted by atomic mass is 9.72. The van der Waals surface area contributed by atoms with Gasteiger partial charge in [-0.05, 0) is 137 Å². The predicted molar refractivity (Wildman–Crippen MR) is 294 cm³/mol. The molecule has 14 rings (SSSR count). The van der Waals surface area contributed by atoms with E-state index < -0.39 is 46.2 Å². The van der Waals surface area contributed by atoms with Crippen molar-refractivity contribution in [3.8, 4) is 0 Å². The molecule has 11 heterocycles. The van der Waals surface area contributed by atoms with Crippen molar-refractivity contribution in [2.75, 3.05) is 6.61 Å². The standard InChI is InChI=1S/C65H80O15/c1-34(33-69-60(68)40-16-15-39-23-37-12-9-10-13-38(37)24-41(39)25-40)20-42-26-43(66)59-47(70-42)27-46-50(75-59)31-63(6)51(72-46)14-11-18-61(4)55(78-63)32-65(8)54(77-61)29-53-62(5,80-65)19-17-44-57(76-53)35(2)21-45-49(71-44)30-64(7)52(73-45)28-48-58(79-64)36(3)22-56(67)74-48/h9-16,22-25,35,42-55,57-59,66H,1,17-21,26-33H2,2-8H3/t35-,42-,43+,44+,45?,46?,47?,48?,49?,50-,51?,52?,53?,54?,55-,57?,58-,59+,61+,62-,63+,64+,65+/m1/s1. The minimum absolute atomic E-state index is 0.0499. The van der Waals surface area contributed by atoms with Gasteiger partial charge < -0.3 is 61.9 Å². The van der Waals surface area contributed by atoms with E-state index in [-0.39, 0.29) is 110 Å². The topological polar surface area (TPSA) is 165 Å². The maximum atomic E-state index is 13.2. The second-order valence-corrected chi connectivity index (χ2v) is 27.1. The largest absolute Gasteiger partial charge is 0.458 e. The molecule has 0 aromatic heterocycles. The van der Waals surface area contributed by atoms with Crippen LogP contribution < -0.4 is 0 Å². The molecule has 0 amide bonds. The van der Waals surface area contributed by atoms with E-state index in [1.54, 1.807) is 12.1 Å². The number of aliphatic hydroxyl groups excluding tert-OH is 1. The van der Waals surface area contributed by atoms with Gasteiger partial charge in [-0.25, -0.2) is 9.59 Å². The fourth-order valence-corrected chi connectivity index (χ4v) is 16.4. The van der Waals surface area contributed by atoms with Crippen LogP contribution in [0.3, 0.4) is 0 Å². The van der Waals surface area contributed by atoms with Crippen LogP contribution in [0.15, 0.2) is 90.6 Å². The van der Waals surface area contributed by atoms with Crippen LogP contribution >= 0.6 is 0 Å². The van der Waals surface area contributed by atoms with Gasteiger partial charge in [-0.1, -0.05) is 56.0 Å². The molecule has 11 aliphatic heterocycles. The van der Waals surface area contributed by atoms with E-state index in [1.165, 1.54) is 0 Å². The molecule has 10 unspecified atom stereocenters. The zero-order valence-electron chi connectivity index (χ0n) is 47.4. The Balaban J connectivity index is 0.607. The highest BCUT2D eigenvalue weighted by atomic mass is 16.7. The van der Waals surface area contributed by atoms with Crippen LogP contribution in [0, 0.1) is 5.92 Å². The van der Waals surface area contributed by atoms with Crippen molar-refractivity contribution < 1.29 is 71.5 Å². The van der Waals surface area contributed by atoms with Crippen molar-refractivity contribution in [3.05, 3.63) is 96.1 Å². The quantitative estimate of drug-likeness (QED) is 0.146. The maximum absolute atomic E-state index is 13.2. The number of carbonyl (C=O) groups excluding carboxylic acids is 2. The van der Waals surface area contributed by atoms with Gasteiger partial charge in [0.1, 0.15) is 31.0 Å². The number of hydrogen-bond donors (Lipinski definition) is 1. The Kier molecular flexibility index (Phi) is 13.3. The van der Waals surface area contributed by atoms with Crippen molar-refractivity contribution in [2.24, 2.45) is 5.92 Å². The first-order valence-corrected chi connectivity index (χ1v) is 29.9. The van der Waals surface area contributed by atoms with Crippen molar-refractivity contribution >= 4 is 33.5 Å². The molecule has 9 fully saturated rings. The second kappa shape index (κ2) is 19.8. The van der Waals surface area contributed by atoms with Gasteiger partial charge >= 0.3 is 11.9 Å². The highest BCUT2D eigenvalue weighted by molar-refractivity contribution is 6.01. The Hall–Kier alpha value is -4.10. The number of aliphatic hydroxyl groups is 1. The third-order valence-corrected chi connectivity index (χ3v) is 20.8. The maximum Gasteiger partial charge on any atom is 0.338 e. The number of esters is 2. The summed E-state index contributed by atoms with van der Waals surface area (Å²) in [6.07, 6.45) is 8.18. The van der Waals surface area contributed by atoms with Crippen LogP contribution in [-0.4, -0.2) is 155 Å². The summed E-state index contributed by atoms with van der Waals surface area (Å²) in [6.45, 7) is 19.4. The monoisotopic (exact) mass is 1100 g/mol. The van der Waals surface area contributed by atoms with E-state index in [2.05, 4.69) is 84.5 Å². The van der Waals surface area contributed by atoms with Gasteiger partial charge in [-0.15, -0.1) is 0 Å². The lowest BCUT2D eigenvalue weighted by molar-refractivity contribution is -0.362. The average Bonchev–Trinajstić information content (AvgIpc) is 3.70. The lowest BCUT2D eigenvalue weighted by Crippen LogP contribution is -2.71. The highest BCUT2D eigenvalue weighted by Gasteiger charge is 2.65.